The largest absolute Gasteiger partial charge is 0.438 e. The van der Waals surface area contributed by atoms with Gasteiger partial charge in [-0.05, 0) is 18.2 Å². The molecule has 2 N–H and O–H groups in total. The minimum absolute atomic E-state index is 0.286. The first-order chi connectivity index (χ1) is 8.70. The van der Waals surface area contributed by atoms with Crippen LogP contribution in [0.5, 0.6) is 11.6 Å². The number of ether oxygens (including phenoxy) is 1. The topological polar surface area (TPSA) is 82.3 Å². The second-order valence-electron chi connectivity index (χ2n) is 3.51. The SMILES string of the molecule is NC(=O)c1ccc(Oc2ccccc2C=O)nc1. The summed E-state index contributed by atoms with van der Waals surface area (Å²) >= 11 is 0. The maximum atomic E-state index is 10.9. The van der Waals surface area contributed by atoms with Gasteiger partial charge in [0.2, 0.25) is 11.8 Å². The smallest absolute Gasteiger partial charge is 0.250 e. The van der Waals surface area contributed by atoms with Gasteiger partial charge in [-0.2, -0.15) is 0 Å². The van der Waals surface area contributed by atoms with Crippen molar-refractivity contribution in [3.63, 3.8) is 0 Å². The number of primary amides is 1. The summed E-state index contributed by atoms with van der Waals surface area (Å²) in [6.45, 7) is 0. The van der Waals surface area contributed by atoms with Crippen LogP contribution in [0.1, 0.15) is 20.7 Å². The van der Waals surface area contributed by atoms with E-state index in [2.05, 4.69) is 4.98 Å². The van der Waals surface area contributed by atoms with Crippen LogP contribution in [-0.2, 0) is 0 Å². The number of carbonyl (C=O) groups excluding carboxylic acids is 2. The first kappa shape index (κ1) is 11.8. The summed E-state index contributed by atoms with van der Waals surface area (Å²) in [4.78, 5) is 25.6. The van der Waals surface area contributed by atoms with Crippen LogP contribution in [0.3, 0.4) is 0 Å². The van der Waals surface area contributed by atoms with Crippen molar-refractivity contribution in [2.24, 2.45) is 5.73 Å². The molecule has 5 nitrogen and oxygen atoms in total. The highest BCUT2D eigenvalue weighted by Crippen LogP contribution is 2.22. The molecule has 1 amide bonds. The summed E-state index contributed by atoms with van der Waals surface area (Å²) in [6, 6.07) is 9.81. The molecule has 0 fully saturated rings. The molecule has 0 atom stereocenters. The molecule has 90 valence electrons. The Balaban J connectivity index is 2.23. The van der Waals surface area contributed by atoms with E-state index in [9.17, 15) is 9.59 Å². The number of pyridine rings is 1. The quantitative estimate of drug-likeness (QED) is 0.828. The third kappa shape index (κ3) is 2.52. The molecule has 2 rings (SSSR count). The number of aldehydes is 1. The third-order valence-electron chi connectivity index (χ3n) is 2.28. The van der Waals surface area contributed by atoms with Gasteiger partial charge in [-0.15, -0.1) is 0 Å². The van der Waals surface area contributed by atoms with E-state index in [-0.39, 0.29) is 5.88 Å². The molecule has 1 aromatic carbocycles. The van der Waals surface area contributed by atoms with Gasteiger partial charge in [0.05, 0.1) is 11.1 Å². The monoisotopic (exact) mass is 242 g/mol. The molecule has 5 heteroatoms. The number of hydrogen-bond donors (Lipinski definition) is 1. The summed E-state index contributed by atoms with van der Waals surface area (Å²) in [7, 11) is 0. The summed E-state index contributed by atoms with van der Waals surface area (Å²) in [6.07, 6.45) is 2.02. The Morgan fingerprint density at radius 2 is 2.00 bits per heavy atom. The highest BCUT2D eigenvalue weighted by atomic mass is 16.5. The molecule has 0 aliphatic rings. The van der Waals surface area contributed by atoms with Crippen molar-refractivity contribution in [2.75, 3.05) is 0 Å². The van der Waals surface area contributed by atoms with Gasteiger partial charge < -0.3 is 10.5 Å². The molecule has 1 aromatic heterocycles. The maximum Gasteiger partial charge on any atom is 0.250 e. The Kier molecular flexibility index (Phi) is 3.33. The van der Waals surface area contributed by atoms with Gasteiger partial charge >= 0.3 is 0 Å². The average Bonchev–Trinajstić information content (AvgIpc) is 2.40. The van der Waals surface area contributed by atoms with Crippen LogP contribution < -0.4 is 10.5 Å². The highest BCUT2D eigenvalue weighted by Gasteiger charge is 2.05. The van der Waals surface area contributed by atoms with Crippen LogP contribution in [0.25, 0.3) is 0 Å². The van der Waals surface area contributed by atoms with E-state index < -0.39 is 5.91 Å². The summed E-state index contributed by atoms with van der Waals surface area (Å²) in [5.74, 6) is 0.142. The van der Waals surface area contributed by atoms with E-state index in [0.29, 0.717) is 23.2 Å². The Morgan fingerprint density at radius 3 is 2.61 bits per heavy atom. The van der Waals surface area contributed by atoms with Crippen LogP contribution >= 0.6 is 0 Å². The fourth-order valence-corrected chi connectivity index (χ4v) is 1.37. The molecule has 0 saturated carbocycles. The Labute approximate surface area is 103 Å². The van der Waals surface area contributed by atoms with Gasteiger partial charge in [-0.1, -0.05) is 12.1 Å². The van der Waals surface area contributed by atoms with Crippen molar-refractivity contribution in [1.82, 2.24) is 4.98 Å². The summed E-state index contributed by atoms with van der Waals surface area (Å²) in [5, 5.41) is 0. The van der Waals surface area contributed by atoms with Crippen molar-refractivity contribution < 1.29 is 14.3 Å². The van der Waals surface area contributed by atoms with Gasteiger partial charge in [-0.3, -0.25) is 9.59 Å². The van der Waals surface area contributed by atoms with E-state index in [0.717, 1.165) is 0 Å². The molecule has 1 heterocycles. The van der Waals surface area contributed by atoms with Crippen LogP contribution in [-0.4, -0.2) is 17.2 Å². The van der Waals surface area contributed by atoms with Crippen molar-refractivity contribution >= 4 is 12.2 Å². The van der Waals surface area contributed by atoms with Gasteiger partial charge in [0.15, 0.2) is 6.29 Å². The molecule has 0 unspecified atom stereocenters. The fourth-order valence-electron chi connectivity index (χ4n) is 1.37. The number of carbonyl (C=O) groups is 2. The number of para-hydroxylation sites is 1. The minimum Gasteiger partial charge on any atom is -0.438 e. The molecular formula is C13H10N2O3. The molecule has 0 bridgehead atoms. The zero-order valence-corrected chi connectivity index (χ0v) is 9.37. The first-order valence-electron chi connectivity index (χ1n) is 5.18. The van der Waals surface area contributed by atoms with Crippen LogP contribution in [0.2, 0.25) is 0 Å². The second kappa shape index (κ2) is 5.09. The average molecular weight is 242 g/mol. The Hall–Kier alpha value is -2.69. The second-order valence-corrected chi connectivity index (χ2v) is 3.51. The van der Waals surface area contributed by atoms with E-state index in [4.69, 9.17) is 10.5 Å². The zero-order valence-electron chi connectivity index (χ0n) is 9.37. The number of amides is 1. The molecule has 0 aliphatic carbocycles. The predicted molar refractivity (Wildman–Crippen MR) is 64.7 cm³/mol. The van der Waals surface area contributed by atoms with Crippen molar-refractivity contribution in [3.05, 3.63) is 53.7 Å². The molecule has 2 aromatic rings. The minimum atomic E-state index is -0.553. The van der Waals surface area contributed by atoms with Gasteiger partial charge in [0.1, 0.15) is 5.75 Å². The summed E-state index contributed by atoms with van der Waals surface area (Å²) < 4.78 is 5.44. The van der Waals surface area contributed by atoms with Crippen molar-refractivity contribution in [3.8, 4) is 11.6 Å². The lowest BCUT2D eigenvalue weighted by atomic mass is 10.2. The van der Waals surface area contributed by atoms with E-state index in [1.807, 2.05) is 0 Å². The molecule has 18 heavy (non-hydrogen) atoms. The number of benzene rings is 1. The first-order valence-corrected chi connectivity index (χ1v) is 5.18. The molecular weight excluding hydrogens is 232 g/mol. The lowest BCUT2D eigenvalue weighted by molar-refractivity contribution is 0.0999. The summed E-state index contributed by atoms with van der Waals surface area (Å²) in [5.41, 5.74) is 5.82. The van der Waals surface area contributed by atoms with E-state index in [1.54, 1.807) is 24.3 Å². The maximum absolute atomic E-state index is 10.9. The molecule has 0 saturated heterocycles. The fraction of sp³-hybridized carbons (Fsp3) is 0. The van der Waals surface area contributed by atoms with Gasteiger partial charge in [0, 0.05) is 12.3 Å². The Bertz CT molecular complexity index is 579. The van der Waals surface area contributed by atoms with Crippen LogP contribution in [0.4, 0.5) is 0 Å². The van der Waals surface area contributed by atoms with Crippen molar-refractivity contribution in [2.45, 2.75) is 0 Å². The number of rotatable bonds is 4. The molecule has 0 spiro atoms. The van der Waals surface area contributed by atoms with Crippen LogP contribution in [0, 0.1) is 0 Å². The van der Waals surface area contributed by atoms with Gasteiger partial charge in [0.25, 0.3) is 0 Å². The highest BCUT2D eigenvalue weighted by molar-refractivity contribution is 5.92. The lowest BCUT2D eigenvalue weighted by Gasteiger charge is -2.06. The van der Waals surface area contributed by atoms with Crippen molar-refractivity contribution in [1.29, 1.82) is 0 Å². The third-order valence-corrected chi connectivity index (χ3v) is 2.28. The zero-order chi connectivity index (χ0) is 13.0. The van der Waals surface area contributed by atoms with Gasteiger partial charge in [-0.25, -0.2) is 4.98 Å². The molecule has 0 aliphatic heterocycles. The van der Waals surface area contributed by atoms with Crippen LogP contribution in [0.15, 0.2) is 42.6 Å². The Morgan fingerprint density at radius 1 is 1.22 bits per heavy atom. The standard InChI is InChI=1S/C13H10N2O3/c14-13(17)9-5-6-12(15-7-9)18-11-4-2-1-3-10(11)8-16/h1-8H,(H2,14,17). The lowest BCUT2D eigenvalue weighted by Crippen LogP contribution is -2.10. The van der Waals surface area contributed by atoms with E-state index >= 15 is 0 Å². The molecule has 0 radical (unpaired) electrons. The number of nitrogens with two attached hydrogens (primary N) is 1. The number of aromatic nitrogens is 1. The number of nitrogens with zero attached hydrogens (tertiary/aromatic N) is 1. The number of hydrogen-bond acceptors (Lipinski definition) is 4. The predicted octanol–water partition coefficient (Wildman–Crippen LogP) is 1.79. The normalized spacial score (nSPS) is 9.78. The van der Waals surface area contributed by atoms with E-state index in [1.165, 1.54) is 18.3 Å².